The molecule has 1 atom stereocenters. The number of nitrogens with one attached hydrogen (secondary N) is 2. The molecular formula is C15H20F2N2O2. The van der Waals surface area contributed by atoms with E-state index in [4.69, 9.17) is 5.11 Å². The maximum Gasteiger partial charge on any atom is 0.314 e. The number of hydrogen-bond donors (Lipinski definition) is 3. The van der Waals surface area contributed by atoms with E-state index in [2.05, 4.69) is 10.6 Å². The van der Waals surface area contributed by atoms with Crippen molar-refractivity contribution in [2.24, 2.45) is 5.41 Å². The van der Waals surface area contributed by atoms with E-state index >= 15 is 0 Å². The van der Waals surface area contributed by atoms with Gasteiger partial charge in [0.25, 0.3) is 0 Å². The molecule has 0 saturated heterocycles. The van der Waals surface area contributed by atoms with Crippen molar-refractivity contribution in [2.75, 3.05) is 19.7 Å². The van der Waals surface area contributed by atoms with Gasteiger partial charge in [0.1, 0.15) is 11.6 Å². The highest BCUT2D eigenvalue weighted by Crippen LogP contribution is 2.44. The number of aliphatic hydroxyl groups excluding tert-OH is 1. The Labute approximate surface area is 122 Å². The molecule has 1 aromatic carbocycles. The van der Waals surface area contributed by atoms with Gasteiger partial charge in [0, 0.05) is 30.5 Å². The molecule has 21 heavy (non-hydrogen) atoms. The largest absolute Gasteiger partial charge is 0.396 e. The van der Waals surface area contributed by atoms with Gasteiger partial charge in [-0.25, -0.2) is 13.6 Å². The minimum Gasteiger partial charge on any atom is -0.396 e. The standard InChI is InChI=1S/C15H20F2N2O2/c1-10(12-3-2-11(16)6-13(12)17)7-18-14(21)19-8-15(9-20)4-5-15/h2-3,6,10,20H,4-5,7-9H2,1H3,(H2,18,19,21). The number of hydrogen-bond acceptors (Lipinski definition) is 2. The van der Waals surface area contributed by atoms with Crippen LogP contribution in [0.15, 0.2) is 18.2 Å². The van der Waals surface area contributed by atoms with Crippen LogP contribution in [-0.2, 0) is 0 Å². The van der Waals surface area contributed by atoms with E-state index in [0.29, 0.717) is 12.1 Å². The van der Waals surface area contributed by atoms with Gasteiger partial charge < -0.3 is 15.7 Å². The van der Waals surface area contributed by atoms with Crippen LogP contribution in [-0.4, -0.2) is 30.8 Å². The van der Waals surface area contributed by atoms with Crippen LogP contribution in [0.4, 0.5) is 13.6 Å². The number of amides is 2. The average molecular weight is 298 g/mol. The second kappa shape index (κ2) is 6.39. The number of urea groups is 1. The summed E-state index contributed by atoms with van der Waals surface area (Å²) in [5.74, 6) is -1.49. The van der Waals surface area contributed by atoms with Crippen LogP contribution in [0.1, 0.15) is 31.2 Å². The quantitative estimate of drug-likeness (QED) is 0.753. The van der Waals surface area contributed by atoms with E-state index in [1.54, 1.807) is 6.92 Å². The lowest BCUT2D eigenvalue weighted by atomic mass is 10.0. The Hall–Kier alpha value is -1.69. The molecule has 1 saturated carbocycles. The van der Waals surface area contributed by atoms with Crippen molar-refractivity contribution in [2.45, 2.75) is 25.7 Å². The number of rotatable bonds is 6. The van der Waals surface area contributed by atoms with Crippen LogP contribution in [0.25, 0.3) is 0 Å². The molecule has 1 fully saturated rings. The molecule has 1 unspecified atom stereocenters. The van der Waals surface area contributed by atoms with Gasteiger partial charge in [0.15, 0.2) is 0 Å². The molecule has 1 aliphatic rings. The van der Waals surface area contributed by atoms with Gasteiger partial charge in [-0.05, 0) is 24.5 Å². The Morgan fingerprint density at radius 3 is 2.67 bits per heavy atom. The second-order valence-electron chi connectivity index (χ2n) is 5.79. The summed E-state index contributed by atoms with van der Waals surface area (Å²) in [6.07, 6.45) is 1.84. The fourth-order valence-corrected chi connectivity index (χ4v) is 2.15. The van der Waals surface area contributed by atoms with Crippen molar-refractivity contribution >= 4 is 6.03 Å². The number of benzene rings is 1. The average Bonchev–Trinajstić information content (AvgIpc) is 3.23. The van der Waals surface area contributed by atoms with E-state index in [1.165, 1.54) is 12.1 Å². The van der Waals surface area contributed by atoms with Crippen LogP contribution in [0, 0.1) is 17.0 Å². The summed E-state index contributed by atoms with van der Waals surface area (Å²) >= 11 is 0. The van der Waals surface area contributed by atoms with Crippen molar-refractivity contribution in [3.05, 3.63) is 35.4 Å². The molecule has 6 heteroatoms. The van der Waals surface area contributed by atoms with Gasteiger partial charge in [0.05, 0.1) is 6.61 Å². The van der Waals surface area contributed by atoms with Crippen molar-refractivity contribution in [3.63, 3.8) is 0 Å². The summed E-state index contributed by atoms with van der Waals surface area (Å²) < 4.78 is 26.4. The fraction of sp³-hybridized carbons (Fsp3) is 0.533. The van der Waals surface area contributed by atoms with Crippen molar-refractivity contribution in [3.8, 4) is 0 Å². The predicted molar refractivity (Wildman–Crippen MR) is 74.9 cm³/mol. The molecule has 0 spiro atoms. The highest BCUT2D eigenvalue weighted by atomic mass is 19.1. The smallest absolute Gasteiger partial charge is 0.314 e. The summed E-state index contributed by atoms with van der Waals surface area (Å²) in [5.41, 5.74) is 0.220. The third-order valence-electron chi connectivity index (χ3n) is 3.98. The lowest BCUT2D eigenvalue weighted by Crippen LogP contribution is -2.40. The first-order valence-electron chi connectivity index (χ1n) is 7.03. The van der Waals surface area contributed by atoms with E-state index in [1.807, 2.05) is 0 Å². The lowest BCUT2D eigenvalue weighted by molar-refractivity contribution is 0.203. The number of halogens is 2. The Morgan fingerprint density at radius 2 is 2.10 bits per heavy atom. The summed E-state index contributed by atoms with van der Waals surface area (Å²) in [4.78, 5) is 11.7. The fourth-order valence-electron chi connectivity index (χ4n) is 2.15. The Morgan fingerprint density at radius 1 is 1.38 bits per heavy atom. The van der Waals surface area contributed by atoms with Crippen molar-refractivity contribution in [1.82, 2.24) is 10.6 Å². The van der Waals surface area contributed by atoms with E-state index in [0.717, 1.165) is 18.9 Å². The Balaban J connectivity index is 1.78. The lowest BCUT2D eigenvalue weighted by Gasteiger charge is -2.16. The second-order valence-corrected chi connectivity index (χ2v) is 5.79. The zero-order valence-corrected chi connectivity index (χ0v) is 12.0. The van der Waals surface area contributed by atoms with E-state index < -0.39 is 11.6 Å². The van der Waals surface area contributed by atoms with Crippen LogP contribution in [0.2, 0.25) is 0 Å². The zero-order chi connectivity index (χ0) is 15.5. The molecule has 0 bridgehead atoms. The number of aliphatic hydroxyl groups is 1. The molecule has 116 valence electrons. The summed E-state index contributed by atoms with van der Waals surface area (Å²) in [6.45, 7) is 2.52. The molecule has 1 aromatic rings. The monoisotopic (exact) mass is 298 g/mol. The van der Waals surface area contributed by atoms with Gasteiger partial charge in [-0.2, -0.15) is 0 Å². The molecule has 0 heterocycles. The maximum absolute atomic E-state index is 13.6. The topological polar surface area (TPSA) is 61.4 Å². The highest BCUT2D eigenvalue weighted by Gasteiger charge is 2.42. The Kier molecular flexibility index (Phi) is 4.77. The summed E-state index contributed by atoms with van der Waals surface area (Å²) in [6, 6.07) is 3.08. The van der Waals surface area contributed by atoms with E-state index in [9.17, 15) is 13.6 Å². The predicted octanol–water partition coefficient (Wildman–Crippen LogP) is 2.14. The van der Waals surface area contributed by atoms with Crippen LogP contribution in [0.3, 0.4) is 0 Å². The zero-order valence-electron chi connectivity index (χ0n) is 12.0. The molecule has 3 N–H and O–H groups in total. The molecule has 0 radical (unpaired) electrons. The van der Waals surface area contributed by atoms with Gasteiger partial charge in [-0.1, -0.05) is 13.0 Å². The van der Waals surface area contributed by atoms with Crippen LogP contribution < -0.4 is 10.6 Å². The Bertz CT molecular complexity index is 518. The maximum atomic E-state index is 13.6. The third kappa shape index (κ3) is 4.14. The minimum absolute atomic E-state index is 0.0739. The molecule has 0 aromatic heterocycles. The first kappa shape index (κ1) is 15.7. The minimum atomic E-state index is -0.618. The summed E-state index contributed by atoms with van der Waals surface area (Å²) in [5, 5.41) is 14.5. The first-order chi connectivity index (χ1) is 9.96. The molecular weight excluding hydrogens is 278 g/mol. The van der Waals surface area contributed by atoms with Crippen LogP contribution >= 0.6 is 0 Å². The molecule has 4 nitrogen and oxygen atoms in total. The SMILES string of the molecule is CC(CNC(=O)NCC1(CO)CC1)c1ccc(F)cc1F. The van der Waals surface area contributed by atoms with Crippen molar-refractivity contribution < 1.29 is 18.7 Å². The molecule has 2 rings (SSSR count). The van der Waals surface area contributed by atoms with Gasteiger partial charge >= 0.3 is 6.03 Å². The number of carbonyl (C=O) groups excluding carboxylic acids is 1. The first-order valence-corrected chi connectivity index (χ1v) is 7.03. The molecule has 1 aliphatic carbocycles. The highest BCUT2D eigenvalue weighted by molar-refractivity contribution is 5.74. The molecule has 0 aliphatic heterocycles. The van der Waals surface area contributed by atoms with Crippen molar-refractivity contribution in [1.29, 1.82) is 0 Å². The summed E-state index contributed by atoms with van der Waals surface area (Å²) in [7, 11) is 0. The van der Waals surface area contributed by atoms with Gasteiger partial charge in [0.2, 0.25) is 0 Å². The van der Waals surface area contributed by atoms with Crippen LogP contribution in [0.5, 0.6) is 0 Å². The normalized spacial score (nSPS) is 17.1. The third-order valence-corrected chi connectivity index (χ3v) is 3.98. The van der Waals surface area contributed by atoms with Gasteiger partial charge in [-0.15, -0.1) is 0 Å². The van der Waals surface area contributed by atoms with Gasteiger partial charge in [-0.3, -0.25) is 0 Å². The number of carbonyl (C=O) groups is 1. The molecule has 2 amide bonds. The van der Waals surface area contributed by atoms with E-state index in [-0.39, 0.29) is 30.5 Å².